The number of nitrogens with one attached hydrogen (secondary N) is 2. The summed E-state index contributed by atoms with van der Waals surface area (Å²) in [6.45, 7) is 5.71. The van der Waals surface area contributed by atoms with Gasteiger partial charge in [-0.2, -0.15) is 0 Å². The summed E-state index contributed by atoms with van der Waals surface area (Å²) >= 11 is 1.47. The molecule has 0 aliphatic rings. The maximum atomic E-state index is 11.5. The normalized spacial score (nSPS) is 13.8. The maximum absolute atomic E-state index is 11.5. The van der Waals surface area contributed by atoms with Gasteiger partial charge in [0.2, 0.25) is 0 Å². The van der Waals surface area contributed by atoms with Gasteiger partial charge >= 0.3 is 6.03 Å². The van der Waals surface area contributed by atoms with Crippen LogP contribution in [0.15, 0.2) is 17.5 Å². The number of rotatable bonds is 8. The summed E-state index contributed by atoms with van der Waals surface area (Å²) < 4.78 is 5.17. The number of urea groups is 1. The number of amides is 2. The molecule has 3 N–H and O–H groups in total. The van der Waals surface area contributed by atoms with E-state index in [-0.39, 0.29) is 12.6 Å². The Balaban J connectivity index is 2.19. The number of hydrogen-bond acceptors (Lipinski definition) is 4. The van der Waals surface area contributed by atoms with Crippen molar-refractivity contribution in [1.29, 1.82) is 0 Å². The molecule has 1 unspecified atom stereocenters. The summed E-state index contributed by atoms with van der Waals surface area (Å²) in [5.74, 6) is 0. The minimum absolute atomic E-state index is 0.185. The summed E-state index contributed by atoms with van der Waals surface area (Å²) in [4.78, 5) is 12.4. The van der Waals surface area contributed by atoms with Gasteiger partial charge in [0.05, 0.1) is 6.54 Å². The molecule has 0 radical (unpaired) electrons. The zero-order valence-electron chi connectivity index (χ0n) is 11.4. The van der Waals surface area contributed by atoms with Crippen molar-refractivity contribution in [2.24, 2.45) is 0 Å². The van der Waals surface area contributed by atoms with Gasteiger partial charge < -0.3 is 20.5 Å². The van der Waals surface area contributed by atoms with Gasteiger partial charge in [-0.1, -0.05) is 6.07 Å². The number of carbonyl (C=O) groups is 1. The first-order valence-corrected chi connectivity index (χ1v) is 7.30. The molecule has 1 atom stereocenters. The summed E-state index contributed by atoms with van der Waals surface area (Å²) in [7, 11) is 0. The second-order valence-electron chi connectivity index (χ2n) is 4.41. The Labute approximate surface area is 118 Å². The van der Waals surface area contributed by atoms with Crippen LogP contribution in [0.3, 0.4) is 0 Å². The minimum Gasteiger partial charge on any atom is -0.383 e. The molecular formula is C13H22N2O3S. The highest BCUT2D eigenvalue weighted by molar-refractivity contribution is 7.10. The maximum Gasteiger partial charge on any atom is 0.314 e. The fourth-order valence-corrected chi connectivity index (χ4v) is 2.29. The standard InChI is InChI=1S/C13H22N2O3S/c1-3-18-8-5-7-14-12(16)15-10-13(2,17)11-6-4-9-19-11/h4,6,9,17H,3,5,7-8,10H2,1-2H3,(H2,14,15,16). The molecule has 0 saturated carbocycles. The van der Waals surface area contributed by atoms with Crippen LogP contribution >= 0.6 is 11.3 Å². The third kappa shape index (κ3) is 6.04. The lowest BCUT2D eigenvalue weighted by atomic mass is 10.1. The molecule has 1 heterocycles. The van der Waals surface area contributed by atoms with Crippen LogP contribution in [0.1, 0.15) is 25.1 Å². The van der Waals surface area contributed by atoms with E-state index in [9.17, 15) is 9.90 Å². The van der Waals surface area contributed by atoms with Gasteiger partial charge in [-0.05, 0) is 31.7 Å². The molecule has 0 aromatic carbocycles. The highest BCUT2D eigenvalue weighted by Gasteiger charge is 2.24. The topological polar surface area (TPSA) is 70.6 Å². The summed E-state index contributed by atoms with van der Waals surface area (Å²) in [6.07, 6.45) is 0.780. The highest BCUT2D eigenvalue weighted by atomic mass is 32.1. The second-order valence-corrected chi connectivity index (χ2v) is 5.36. The molecular weight excluding hydrogens is 264 g/mol. The molecule has 0 aliphatic carbocycles. The van der Waals surface area contributed by atoms with E-state index in [4.69, 9.17) is 4.74 Å². The minimum atomic E-state index is -1.03. The molecule has 19 heavy (non-hydrogen) atoms. The molecule has 1 rings (SSSR count). The quantitative estimate of drug-likeness (QED) is 0.637. The van der Waals surface area contributed by atoms with E-state index < -0.39 is 5.60 Å². The zero-order chi connectivity index (χ0) is 14.1. The van der Waals surface area contributed by atoms with Gasteiger partial charge in [-0.3, -0.25) is 0 Å². The first-order chi connectivity index (χ1) is 9.06. The van der Waals surface area contributed by atoms with Crippen molar-refractivity contribution in [3.8, 4) is 0 Å². The van der Waals surface area contributed by atoms with Crippen molar-refractivity contribution >= 4 is 17.4 Å². The molecule has 2 amide bonds. The van der Waals surface area contributed by atoms with E-state index >= 15 is 0 Å². The number of ether oxygens (including phenoxy) is 1. The molecule has 0 fully saturated rings. The summed E-state index contributed by atoms with van der Waals surface area (Å²) in [5, 5.41) is 17.5. The van der Waals surface area contributed by atoms with Crippen molar-refractivity contribution in [2.45, 2.75) is 25.9 Å². The van der Waals surface area contributed by atoms with Gasteiger partial charge in [-0.15, -0.1) is 11.3 Å². The fraction of sp³-hybridized carbons (Fsp3) is 0.615. The molecule has 1 aromatic heterocycles. The molecule has 1 aromatic rings. The largest absolute Gasteiger partial charge is 0.383 e. The van der Waals surface area contributed by atoms with Crippen LogP contribution in [-0.2, 0) is 10.3 Å². The molecule has 108 valence electrons. The third-order valence-electron chi connectivity index (χ3n) is 2.60. The first kappa shape index (κ1) is 15.9. The average molecular weight is 286 g/mol. The van der Waals surface area contributed by atoms with Gasteiger partial charge in [0, 0.05) is 24.6 Å². The predicted molar refractivity (Wildman–Crippen MR) is 76.4 cm³/mol. The lowest BCUT2D eigenvalue weighted by Gasteiger charge is -2.22. The van der Waals surface area contributed by atoms with Crippen LogP contribution in [0.5, 0.6) is 0 Å². The molecule has 0 bridgehead atoms. The SMILES string of the molecule is CCOCCCNC(=O)NCC(C)(O)c1cccs1. The van der Waals surface area contributed by atoms with Gasteiger partial charge in [0.15, 0.2) is 0 Å². The van der Waals surface area contributed by atoms with E-state index in [0.717, 1.165) is 11.3 Å². The van der Waals surface area contributed by atoms with Crippen molar-refractivity contribution in [3.63, 3.8) is 0 Å². The van der Waals surface area contributed by atoms with Crippen LogP contribution in [0.4, 0.5) is 4.79 Å². The van der Waals surface area contributed by atoms with Crippen LogP contribution in [-0.4, -0.2) is 37.4 Å². The van der Waals surface area contributed by atoms with E-state index in [0.29, 0.717) is 19.8 Å². The average Bonchev–Trinajstić information content (AvgIpc) is 2.91. The Morgan fingerprint density at radius 3 is 2.95 bits per heavy atom. The second kappa shape index (κ2) is 8.14. The van der Waals surface area contributed by atoms with Crippen LogP contribution in [0.25, 0.3) is 0 Å². The zero-order valence-corrected chi connectivity index (χ0v) is 12.3. The Morgan fingerprint density at radius 2 is 2.32 bits per heavy atom. The Bertz CT molecular complexity index is 366. The first-order valence-electron chi connectivity index (χ1n) is 6.42. The molecule has 0 spiro atoms. The Kier molecular flexibility index (Phi) is 6.83. The number of aliphatic hydroxyl groups is 1. The smallest absolute Gasteiger partial charge is 0.314 e. The van der Waals surface area contributed by atoms with E-state index in [1.54, 1.807) is 6.92 Å². The Hall–Kier alpha value is -1.11. The van der Waals surface area contributed by atoms with Gasteiger partial charge in [-0.25, -0.2) is 4.79 Å². The number of carbonyl (C=O) groups excluding carboxylic acids is 1. The van der Waals surface area contributed by atoms with Crippen LogP contribution in [0.2, 0.25) is 0 Å². The third-order valence-corrected chi connectivity index (χ3v) is 3.72. The highest BCUT2D eigenvalue weighted by Crippen LogP contribution is 2.24. The monoisotopic (exact) mass is 286 g/mol. The fourth-order valence-electron chi connectivity index (χ4n) is 1.51. The lowest BCUT2D eigenvalue weighted by Crippen LogP contribution is -2.43. The van der Waals surface area contributed by atoms with Crippen molar-refractivity contribution < 1.29 is 14.6 Å². The Morgan fingerprint density at radius 1 is 1.53 bits per heavy atom. The van der Waals surface area contributed by atoms with E-state index in [1.807, 2.05) is 24.4 Å². The van der Waals surface area contributed by atoms with Crippen LogP contribution in [0, 0.1) is 0 Å². The molecule has 0 saturated heterocycles. The molecule has 6 heteroatoms. The van der Waals surface area contributed by atoms with Crippen molar-refractivity contribution in [3.05, 3.63) is 22.4 Å². The molecule has 0 aliphatic heterocycles. The summed E-state index contributed by atoms with van der Waals surface area (Å²) in [5.41, 5.74) is -1.03. The van der Waals surface area contributed by atoms with Crippen molar-refractivity contribution in [1.82, 2.24) is 10.6 Å². The molecule has 5 nitrogen and oxygen atoms in total. The number of thiophene rings is 1. The van der Waals surface area contributed by atoms with E-state index in [2.05, 4.69) is 10.6 Å². The lowest BCUT2D eigenvalue weighted by molar-refractivity contribution is 0.0631. The van der Waals surface area contributed by atoms with Gasteiger partial charge in [0.1, 0.15) is 5.60 Å². The number of hydrogen-bond donors (Lipinski definition) is 3. The summed E-state index contributed by atoms with van der Waals surface area (Å²) in [6, 6.07) is 3.46. The van der Waals surface area contributed by atoms with Crippen molar-refractivity contribution in [2.75, 3.05) is 26.3 Å². The van der Waals surface area contributed by atoms with E-state index in [1.165, 1.54) is 11.3 Å². The predicted octanol–water partition coefficient (Wildman–Crippen LogP) is 1.68. The van der Waals surface area contributed by atoms with Crippen LogP contribution < -0.4 is 10.6 Å². The van der Waals surface area contributed by atoms with Gasteiger partial charge in [0.25, 0.3) is 0 Å².